The van der Waals surface area contributed by atoms with Gasteiger partial charge in [-0.3, -0.25) is 15.2 Å². The number of carbonyl (C=O) groups excluding carboxylic acids is 1. The van der Waals surface area contributed by atoms with Crippen molar-refractivity contribution in [3.63, 3.8) is 0 Å². The Morgan fingerprint density at radius 1 is 1.00 bits per heavy atom. The van der Waals surface area contributed by atoms with Crippen LogP contribution in [0.3, 0.4) is 0 Å². The maximum atomic E-state index is 13.2. The fourth-order valence-electron chi connectivity index (χ4n) is 4.10. The highest BCUT2D eigenvalue weighted by molar-refractivity contribution is 6.41. The number of hydrazone groups is 1. The highest BCUT2D eigenvalue weighted by atomic mass is 35.5. The van der Waals surface area contributed by atoms with Gasteiger partial charge in [-0.25, -0.2) is 5.01 Å². The van der Waals surface area contributed by atoms with E-state index in [0.29, 0.717) is 20.8 Å². The average molecular weight is 491 g/mol. The second-order valence-electron chi connectivity index (χ2n) is 7.87. The summed E-state index contributed by atoms with van der Waals surface area (Å²) in [5, 5.41) is 19.7. The first-order valence-electron chi connectivity index (χ1n) is 10.5. The van der Waals surface area contributed by atoms with Gasteiger partial charge in [0, 0.05) is 23.1 Å². The predicted molar refractivity (Wildman–Crippen MR) is 128 cm³/mol. The molecule has 0 saturated carbocycles. The van der Waals surface area contributed by atoms with Crippen LogP contribution in [0.25, 0.3) is 0 Å². The zero-order valence-electron chi connectivity index (χ0n) is 17.3. The zero-order valence-corrected chi connectivity index (χ0v) is 19.5. The number of hydrogen-bond donors (Lipinski definition) is 1. The lowest BCUT2D eigenvalue weighted by Crippen LogP contribution is -2.46. The van der Waals surface area contributed by atoms with E-state index in [1.165, 1.54) is 0 Å². The summed E-state index contributed by atoms with van der Waals surface area (Å²) in [5.41, 5.74) is 4.47. The van der Waals surface area contributed by atoms with E-state index in [0.717, 1.165) is 44.3 Å². The van der Waals surface area contributed by atoms with E-state index in [-0.39, 0.29) is 11.6 Å². The normalized spacial score (nSPS) is 21.6. The Morgan fingerprint density at radius 3 is 2.28 bits per heavy atom. The molecule has 1 fully saturated rings. The SMILES string of the molecule is N#C[C@H]1C(C(=O)NN2CCCCCC2)=NN(c2ccc(Cl)cc2Cl)[C@H]1c1ccc(Cl)cc1. The molecule has 2 atom stereocenters. The van der Waals surface area contributed by atoms with E-state index < -0.39 is 12.0 Å². The van der Waals surface area contributed by atoms with Crippen molar-refractivity contribution in [3.05, 3.63) is 63.1 Å². The Kier molecular flexibility index (Phi) is 7.22. The van der Waals surface area contributed by atoms with Gasteiger partial charge >= 0.3 is 0 Å². The number of rotatable bonds is 4. The van der Waals surface area contributed by atoms with Gasteiger partial charge in [-0.2, -0.15) is 10.4 Å². The van der Waals surface area contributed by atoms with E-state index >= 15 is 0 Å². The summed E-state index contributed by atoms with van der Waals surface area (Å²) in [7, 11) is 0. The zero-order chi connectivity index (χ0) is 22.7. The standard InChI is InChI=1S/C23H22Cl3N5O/c24-16-7-5-15(6-8-16)22-18(14-27)21(23(32)29-30-11-3-1-2-4-12-30)28-31(22)20-10-9-17(25)13-19(20)26/h5-10,13,18,22H,1-4,11-12H2,(H,29,32)/t18-,22-/m0/s1. The van der Waals surface area contributed by atoms with Crippen LogP contribution in [0.1, 0.15) is 37.3 Å². The van der Waals surface area contributed by atoms with Gasteiger partial charge in [-0.15, -0.1) is 0 Å². The highest BCUT2D eigenvalue weighted by Crippen LogP contribution is 2.42. The van der Waals surface area contributed by atoms with E-state index in [4.69, 9.17) is 34.8 Å². The average Bonchev–Trinajstić information content (AvgIpc) is 2.96. The minimum atomic E-state index is -0.796. The third kappa shape index (κ3) is 4.87. The van der Waals surface area contributed by atoms with Gasteiger partial charge in [0.25, 0.3) is 5.91 Å². The number of carbonyl (C=O) groups is 1. The number of nitrogens with zero attached hydrogens (tertiary/aromatic N) is 4. The summed E-state index contributed by atoms with van der Waals surface area (Å²) in [4.78, 5) is 13.2. The van der Waals surface area contributed by atoms with E-state index in [1.807, 2.05) is 17.1 Å². The maximum Gasteiger partial charge on any atom is 0.283 e. The number of benzene rings is 2. The van der Waals surface area contributed by atoms with Gasteiger partial charge in [0.05, 0.1) is 22.8 Å². The van der Waals surface area contributed by atoms with Gasteiger partial charge in [-0.1, -0.05) is 59.8 Å². The van der Waals surface area contributed by atoms with Crippen LogP contribution in [-0.4, -0.2) is 29.7 Å². The molecule has 1 saturated heterocycles. The number of hydrazine groups is 1. The summed E-state index contributed by atoms with van der Waals surface area (Å²) in [6, 6.07) is 14.0. The highest BCUT2D eigenvalue weighted by Gasteiger charge is 2.43. The summed E-state index contributed by atoms with van der Waals surface area (Å²) >= 11 is 18.6. The lowest BCUT2D eigenvalue weighted by molar-refractivity contribution is -0.119. The van der Waals surface area contributed by atoms with Crippen molar-refractivity contribution < 1.29 is 4.79 Å². The molecule has 2 aromatic carbocycles. The molecule has 2 heterocycles. The minimum Gasteiger partial charge on any atom is -0.284 e. The number of hydrogen-bond acceptors (Lipinski definition) is 5. The molecule has 2 aliphatic rings. The van der Waals surface area contributed by atoms with Crippen LogP contribution in [0.5, 0.6) is 0 Å². The first-order valence-corrected chi connectivity index (χ1v) is 11.6. The number of nitriles is 1. The van der Waals surface area contributed by atoms with Crippen LogP contribution < -0.4 is 10.4 Å². The lowest BCUT2D eigenvalue weighted by Gasteiger charge is -2.26. The van der Waals surface area contributed by atoms with Crippen molar-refractivity contribution >= 4 is 52.1 Å². The molecule has 32 heavy (non-hydrogen) atoms. The Balaban J connectivity index is 1.71. The van der Waals surface area contributed by atoms with Crippen LogP contribution in [0.2, 0.25) is 15.1 Å². The molecular weight excluding hydrogens is 469 g/mol. The Bertz CT molecular complexity index is 1060. The minimum absolute atomic E-state index is 0.155. The van der Waals surface area contributed by atoms with Crippen molar-refractivity contribution in [2.75, 3.05) is 18.1 Å². The molecule has 2 aromatic rings. The van der Waals surface area contributed by atoms with Crippen molar-refractivity contribution in [1.29, 1.82) is 5.26 Å². The van der Waals surface area contributed by atoms with Crippen LogP contribution in [0, 0.1) is 17.2 Å². The molecule has 1 amide bonds. The first kappa shape index (κ1) is 22.9. The van der Waals surface area contributed by atoms with Crippen LogP contribution in [0.15, 0.2) is 47.6 Å². The molecular formula is C23H22Cl3N5O. The van der Waals surface area contributed by atoms with Crippen LogP contribution >= 0.6 is 34.8 Å². The monoisotopic (exact) mass is 489 g/mol. The van der Waals surface area contributed by atoms with Crippen LogP contribution in [-0.2, 0) is 4.79 Å². The summed E-state index contributed by atoms with van der Waals surface area (Å²) in [5.74, 6) is -1.17. The molecule has 4 rings (SSSR count). The Hall–Kier alpha value is -2.30. The summed E-state index contributed by atoms with van der Waals surface area (Å²) < 4.78 is 0. The summed E-state index contributed by atoms with van der Waals surface area (Å²) in [6.45, 7) is 1.56. The predicted octanol–water partition coefficient (Wildman–Crippen LogP) is 5.61. The molecule has 0 aliphatic carbocycles. The molecule has 9 heteroatoms. The van der Waals surface area contributed by atoms with Crippen molar-refractivity contribution in [1.82, 2.24) is 10.4 Å². The molecule has 6 nitrogen and oxygen atoms in total. The van der Waals surface area contributed by atoms with Gasteiger partial charge in [0.1, 0.15) is 11.6 Å². The Labute approximate surface area is 202 Å². The lowest BCUT2D eigenvalue weighted by atomic mass is 9.90. The largest absolute Gasteiger partial charge is 0.284 e. The fourth-order valence-corrected chi connectivity index (χ4v) is 4.72. The molecule has 0 bridgehead atoms. The molecule has 0 unspecified atom stereocenters. The number of nitrogens with one attached hydrogen (secondary N) is 1. The van der Waals surface area contributed by atoms with Crippen molar-refractivity contribution in [2.45, 2.75) is 31.7 Å². The van der Waals surface area contributed by atoms with E-state index in [1.54, 1.807) is 35.3 Å². The topological polar surface area (TPSA) is 71.7 Å². The smallest absolute Gasteiger partial charge is 0.283 e. The number of halogens is 3. The number of amides is 1. The quantitative estimate of drug-likeness (QED) is 0.604. The third-order valence-corrected chi connectivity index (χ3v) is 6.48. The second kappa shape index (κ2) is 10.1. The second-order valence-corrected chi connectivity index (χ2v) is 9.15. The molecule has 166 valence electrons. The van der Waals surface area contributed by atoms with Gasteiger partial charge in [0.2, 0.25) is 0 Å². The first-order chi connectivity index (χ1) is 15.5. The van der Waals surface area contributed by atoms with E-state index in [2.05, 4.69) is 16.6 Å². The molecule has 0 aromatic heterocycles. The Morgan fingerprint density at radius 2 is 1.66 bits per heavy atom. The fraction of sp³-hybridized carbons (Fsp3) is 0.348. The van der Waals surface area contributed by atoms with Crippen molar-refractivity contribution in [3.8, 4) is 6.07 Å². The summed E-state index contributed by atoms with van der Waals surface area (Å²) in [6.07, 6.45) is 4.34. The van der Waals surface area contributed by atoms with E-state index in [9.17, 15) is 10.1 Å². The number of anilines is 1. The molecule has 0 radical (unpaired) electrons. The van der Waals surface area contributed by atoms with Gasteiger partial charge in [0.15, 0.2) is 0 Å². The molecule has 1 N–H and O–H groups in total. The van der Waals surface area contributed by atoms with Gasteiger partial charge in [-0.05, 0) is 48.7 Å². The molecule has 0 spiro atoms. The molecule has 2 aliphatic heterocycles. The maximum absolute atomic E-state index is 13.2. The van der Waals surface area contributed by atoms with Crippen molar-refractivity contribution in [2.24, 2.45) is 11.0 Å². The van der Waals surface area contributed by atoms with Gasteiger partial charge < -0.3 is 0 Å². The third-order valence-electron chi connectivity index (χ3n) is 5.69. The van der Waals surface area contributed by atoms with Crippen LogP contribution in [0.4, 0.5) is 5.69 Å².